The normalized spacial score (nSPS) is 10.2. The molecule has 2 rings (SSSR count). The number of carbonyl (C=O) groups is 1. The van der Waals surface area contributed by atoms with E-state index in [1.54, 1.807) is 19.1 Å². The lowest BCUT2D eigenvalue weighted by Gasteiger charge is -2.12. The summed E-state index contributed by atoms with van der Waals surface area (Å²) in [6, 6.07) is 9.27. The maximum Gasteiger partial charge on any atom is 0.316 e. The molecule has 0 bridgehead atoms. The van der Waals surface area contributed by atoms with Crippen LogP contribution in [0.4, 0.5) is 21.9 Å². The van der Waals surface area contributed by atoms with Gasteiger partial charge < -0.3 is 16.4 Å². The lowest BCUT2D eigenvalue weighted by molar-refractivity contribution is -0.384. The minimum Gasteiger partial charge on any atom is -0.380 e. The zero-order chi connectivity index (χ0) is 17.0. The van der Waals surface area contributed by atoms with Gasteiger partial charge in [0.25, 0.3) is 5.69 Å². The number of aryl methyl sites for hydroxylation is 1. The third kappa shape index (κ3) is 4.33. The van der Waals surface area contributed by atoms with E-state index in [4.69, 9.17) is 17.3 Å². The molecule has 23 heavy (non-hydrogen) atoms. The van der Waals surface area contributed by atoms with Crippen LogP contribution in [0.25, 0.3) is 0 Å². The Morgan fingerprint density at radius 1 is 1.30 bits per heavy atom. The number of benzene rings is 2. The fourth-order valence-corrected chi connectivity index (χ4v) is 2.42. The molecule has 0 aliphatic carbocycles. The molecule has 0 spiro atoms. The van der Waals surface area contributed by atoms with Crippen molar-refractivity contribution in [3.05, 3.63) is 62.7 Å². The Morgan fingerprint density at radius 2 is 1.96 bits per heavy atom. The number of hydrogen-bond donors (Lipinski definition) is 3. The van der Waals surface area contributed by atoms with Gasteiger partial charge in [0.1, 0.15) is 0 Å². The Labute approximate surface area is 137 Å². The molecule has 0 radical (unpaired) electrons. The van der Waals surface area contributed by atoms with Gasteiger partial charge in [0.2, 0.25) is 0 Å². The quantitative estimate of drug-likeness (QED) is 0.572. The third-order valence-corrected chi connectivity index (χ3v) is 3.47. The Balaban J connectivity index is 2.09. The van der Waals surface area contributed by atoms with Gasteiger partial charge >= 0.3 is 6.03 Å². The van der Waals surface area contributed by atoms with Crippen LogP contribution in [-0.2, 0) is 6.54 Å². The molecule has 2 aromatic rings. The zero-order valence-electron chi connectivity index (χ0n) is 12.3. The van der Waals surface area contributed by atoms with Crippen LogP contribution in [-0.4, -0.2) is 11.0 Å². The summed E-state index contributed by atoms with van der Waals surface area (Å²) < 4.78 is 0. The van der Waals surface area contributed by atoms with E-state index in [-0.39, 0.29) is 5.69 Å². The zero-order valence-corrected chi connectivity index (χ0v) is 13.1. The summed E-state index contributed by atoms with van der Waals surface area (Å²) in [5.41, 5.74) is 7.89. The molecule has 0 aromatic heterocycles. The van der Waals surface area contributed by atoms with E-state index in [1.165, 1.54) is 12.1 Å². The maximum atomic E-state index is 10.8. The van der Waals surface area contributed by atoms with Crippen molar-refractivity contribution in [3.63, 3.8) is 0 Å². The van der Waals surface area contributed by atoms with E-state index in [0.717, 1.165) is 5.56 Å². The molecule has 0 aliphatic heterocycles. The van der Waals surface area contributed by atoms with Gasteiger partial charge in [0.05, 0.1) is 15.6 Å². The molecule has 120 valence electrons. The summed E-state index contributed by atoms with van der Waals surface area (Å²) in [5.74, 6) is 0. The highest BCUT2D eigenvalue weighted by atomic mass is 35.5. The molecule has 0 aliphatic rings. The molecule has 0 unspecified atom stereocenters. The van der Waals surface area contributed by atoms with E-state index in [1.807, 2.05) is 12.1 Å². The van der Waals surface area contributed by atoms with Gasteiger partial charge in [-0.3, -0.25) is 10.1 Å². The van der Waals surface area contributed by atoms with Gasteiger partial charge in [-0.25, -0.2) is 4.79 Å². The first-order chi connectivity index (χ1) is 10.9. The van der Waals surface area contributed by atoms with Crippen LogP contribution in [0, 0.1) is 17.0 Å². The van der Waals surface area contributed by atoms with Gasteiger partial charge in [0, 0.05) is 24.4 Å². The number of carbonyl (C=O) groups excluding carboxylic acids is 1. The van der Waals surface area contributed by atoms with Gasteiger partial charge in [-0.15, -0.1) is 0 Å². The highest BCUT2D eigenvalue weighted by Gasteiger charge is 2.13. The van der Waals surface area contributed by atoms with E-state index in [2.05, 4.69) is 10.6 Å². The predicted octanol–water partition coefficient (Wildman–Crippen LogP) is 3.66. The number of urea groups is 1. The van der Waals surface area contributed by atoms with Crippen molar-refractivity contribution in [2.24, 2.45) is 5.73 Å². The number of anilines is 2. The first-order valence-electron chi connectivity index (χ1n) is 6.70. The number of halogens is 1. The molecular weight excluding hydrogens is 320 g/mol. The summed E-state index contributed by atoms with van der Waals surface area (Å²) in [5, 5.41) is 16.7. The van der Waals surface area contributed by atoms with Gasteiger partial charge in [-0.2, -0.15) is 0 Å². The highest BCUT2D eigenvalue weighted by Crippen LogP contribution is 2.31. The van der Waals surface area contributed by atoms with E-state index < -0.39 is 11.0 Å². The number of primary amides is 1. The molecule has 0 saturated carbocycles. The fraction of sp³-hybridized carbons (Fsp3) is 0.133. The number of nitro groups is 1. The van der Waals surface area contributed by atoms with Crippen molar-refractivity contribution in [2.45, 2.75) is 13.5 Å². The van der Waals surface area contributed by atoms with Crippen LogP contribution >= 0.6 is 11.6 Å². The topological polar surface area (TPSA) is 110 Å². The number of nitrogens with one attached hydrogen (secondary N) is 2. The van der Waals surface area contributed by atoms with Gasteiger partial charge in [-0.05, 0) is 30.2 Å². The lowest BCUT2D eigenvalue weighted by atomic mass is 10.1. The standard InChI is InChI=1S/C15H15ClN4O3/c1-9-6-12(20(22)23)7-13(16)14(9)18-8-10-2-4-11(5-3-10)19-15(17)21/h2-7,18H,8H2,1H3,(H3,17,19,21). The summed E-state index contributed by atoms with van der Waals surface area (Å²) in [7, 11) is 0. The monoisotopic (exact) mass is 334 g/mol. The number of non-ortho nitro benzene ring substituents is 1. The number of nitrogens with zero attached hydrogens (tertiary/aromatic N) is 1. The summed E-state index contributed by atoms with van der Waals surface area (Å²) >= 11 is 6.10. The largest absolute Gasteiger partial charge is 0.380 e. The molecule has 7 nitrogen and oxygen atoms in total. The summed E-state index contributed by atoms with van der Waals surface area (Å²) in [6.45, 7) is 2.23. The van der Waals surface area contributed by atoms with Gasteiger partial charge in [0.15, 0.2) is 0 Å². The number of nitro benzene ring substituents is 1. The Hall–Kier alpha value is -2.80. The molecule has 2 aromatic carbocycles. The number of amides is 2. The Bertz CT molecular complexity index is 724. The molecule has 2 amide bonds. The second-order valence-electron chi connectivity index (χ2n) is 4.92. The second kappa shape index (κ2) is 6.97. The highest BCUT2D eigenvalue weighted by molar-refractivity contribution is 6.33. The molecule has 8 heteroatoms. The van der Waals surface area contributed by atoms with Crippen molar-refractivity contribution >= 4 is 34.7 Å². The average molecular weight is 335 g/mol. The van der Waals surface area contributed by atoms with Crippen LogP contribution in [0.2, 0.25) is 5.02 Å². The SMILES string of the molecule is Cc1cc([N+](=O)[O-])cc(Cl)c1NCc1ccc(NC(N)=O)cc1. The maximum absolute atomic E-state index is 10.8. The van der Waals surface area contributed by atoms with Gasteiger partial charge in [-0.1, -0.05) is 23.7 Å². The van der Waals surface area contributed by atoms with Crippen LogP contribution in [0.1, 0.15) is 11.1 Å². The third-order valence-electron chi connectivity index (χ3n) is 3.17. The van der Waals surface area contributed by atoms with Crippen molar-refractivity contribution in [3.8, 4) is 0 Å². The van der Waals surface area contributed by atoms with Crippen LogP contribution in [0.15, 0.2) is 36.4 Å². The van der Waals surface area contributed by atoms with E-state index in [0.29, 0.717) is 28.5 Å². The molecule has 0 atom stereocenters. The van der Waals surface area contributed by atoms with Crippen molar-refractivity contribution < 1.29 is 9.72 Å². The minimum atomic E-state index is -0.621. The first kappa shape index (κ1) is 16.6. The number of hydrogen-bond acceptors (Lipinski definition) is 4. The Morgan fingerprint density at radius 3 is 2.48 bits per heavy atom. The predicted molar refractivity (Wildman–Crippen MR) is 89.8 cm³/mol. The fourth-order valence-electron chi connectivity index (χ4n) is 2.09. The number of rotatable bonds is 5. The van der Waals surface area contributed by atoms with Crippen LogP contribution in [0.3, 0.4) is 0 Å². The minimum absolute atomic E-state index is 0.0417. The average Bonchev–Trinajstić information content (AvgIpc) is 2.47. The number of nitrogens with two attached hydrogens (primary N) is 1. The summed E-state index contributed by atoms with van der Waals surface area (Å²) in [6.07, 6.45) is 0. The van der Waals surface area contributed by atoms with Crippen LogP contribution in [0.5, 0.6) is 0 Å². The molecular formula is C15H15ClN4O3. The van der Waals surface area contributed by atoms with Crippen LogP contribution < -0.4 is 16.4 Å². The van der Waals surface area contributed by atoms with Crippen molar-refractivity contribution in [1.29, 1.82) is 0 Å². The van der Waals surface area contributed by atoms with E-state index in [9.17, 15) is 14.9 Å². The van der Waals surface area contributed by atoms with E-state index >= 15 is 0 Å². The first-order valence-corrected chi connectivity index (χ1v) is 7.08. The summed E-state index contributed by atoms with van der Waals surface area (Å²) in [4.78, 5) is 21.1. The molecule has 0 saturated heterocycles. The second-order valence-corrected chi connectivity index (χ2v) is 5.32. The molecule has 4 N–H and O–H groups in total. The van der Waals surface area contributed by atoms with Crippen molar-refractivity contribution in [2.75, 3.05) is 10.6 Å². The van der Waals surface area contributed by atoms with Crippen molar-refractivity contribution in [1.82, 2.24) is 0 Å². The smallest absolute Gasteiger partial charge is 0.316 e. The molecule has 0 heterocycles. The molecule has 0 fully saturated rings. The lowest BCUT2D eigenvalue weighted by Crippen LogP contribution is -2.19. The Kier molecular flexibility index (Phi) is 5.02.